The number of benzene rings is 1. The van der Waals surface area contributed by atoms with Gasteiger partial charge >= 0.3 is 0 Å². The zero-order chi connectivity index (χ0) is 24.8. The number of piperidine rings is 1. The Morgan fingerprint density at radius 3 is 2.74 bits per heavy atom. The predicted octanol–water partition coefficient (Wildman–Crippen LogP) is 4.68. The Hall–Kier alpha value is -3.32. The molecule has 1 aromatic carbocycles. The average Bonchev–Trinajstić information content (AvgIpc) is 3.62. The van der Waals surface area contributed by atoms with Crippen LogP contribution in [0.3, 0.4) is 0 Å². The summed E-state index contributed by atoms with van der Waals surface area (Å²) in [4.78, 5) is 30.9. The number of fused-ring (bicyclic) bond motifs is 1. The lowest BCUT2D eigenvalue weighted by molar-refractivity contribution is -0.132. The molecular weight excluding hydrogens is 470 g/mol. The number of halogens is 2. The molecule has 0 bridgehead atoms. The van der Waals surface area contributed by atoms with Crippen LogP contribution in [0.15, 0.2) is 35.6 Å². The smallest absolute Gasteiger partial charge is 0.287 e. The van der Waals surface area contributed by atoms with Crippen LogP contribution in [0.5, 0.6) is 0 Å². The van der Waals surface area contributed by atoms with Crippen molar-refractivity contribution in [2.24, 2.45) is 16.6 Å². The standard InChI is InChI=1S/C25H24F2N6OS/c1-24(20-12-25(20,35-23(28)32-24)22(34)33-8-4-3-5-9-33)16-10-15(6-7-17(16)26)11-18(27)19-13-31-21(29-2)14-30-19/h6-7,10-11,13-14,20H,3-5,8-9,12H2,1H3,(H2,28,32)/b18-11-/t20-,24+,25-/m0/s1. The number of thioether (sulfide) groups is 1. The number of amidine groups is 1. The second kappa shape index (κ2) is 8.72. The van der Waals surface area contributed by atoms with Crippen molar-refractivity contribution >= 4 is 40.6 Å². The third-order valence-electron chi connectivity index (χ3n) is 7.05. The van der Waals surface area contributed by atoms with Gasteiger partial charge in [-0.3, -0.25) is 14.8 Å². The van der Waals surface area contributed by atoms with Gasteiger partial charge in [-0.05, 0) is 56.4 Å². The molecule has 2 aromatic rings. The van der Waals surface area contributed by atoms with Crippen LogP contribution in [0, 0.1) is 18.3 Å². The van der Waals surface area contributed by atoms with Crippen LogP contribution in [0.4, 0.5) is 14.6 Å². The van der Waals surface area contributed by atoms with Gasteiger partial charge in [0.1, 0.15) is 22.5 Å². The molecule has 3 aliphatic rings. The van der Waals surface area contributed by atoms with Crippen LogP contribution >= 0.6 is 11.8 Å². The second-order valence-electron chi connectivity index (χ2n) is 9.30. The van der Waals surface area contributed by atoms with E-state index >= 15 is 4.39 Å². The van der Waals surface area contributed by atoms with Crippen molar-refractivity contribution in [1.29, 1.82) is 0 Å². The van der Waals surface area contributed by atoms with E-state index in [1.165, 1.54) is 42.4 Å². The van der Waals surface area contributed by atoms with Crippen LogP contribution in [-0.4, -0.2) is 43.8 Å². The predicted molar refractivity (Wildman–Crippen MR) is 132 cm³/mol. The summed E-state index contributed by atoms with van der Waals surface area (Å²) in [6.07, 6.45) is 7.25. The molecule has 35 heavy (non-hydrogen) atoms. The minimum atomic E-state index is -1.05. The molecule has 0 radical (unpaired) electrons. The summed E-state index contributed by atoms with van der Waals surface area (Å²) >= 11 is 1.29. The Bertz CT molecular complexity index is 1280. The van der Waals surface area contributed by atoms with E-state index in [1.807, 2.05) is 4.90 Å². The van der Waals surface area contributed by atoms with Crippen molar-refractivity contribution in [3.05, 3.63) is 64.6 Å². The molecule has 2 N–H and O–H groups in total. The molecule has 3 heterocycles. The first-order valence-corrected chi connectivity index (χ1v) is 12.3. The SMILES string of the molecule is [C-]#[N+]c1cnc(/C(F)=C/c2ccc(F)c([C@@]3(C)N=C(N)S[C@@]4(C(=O)N5CCCCC5)C[C@H]43)c2)cn1. The molecular formula is C25H24F2N6OS. The molecule has 2 fully saturated rings. The van der Waals surface area contributed by atoms with Gasteiger partial charge in [-0.1, -0.05) is 24.4 Å². The first-order chi connectivity index (χ1) is 16.8. The fourth-order valence-corrected chi connectivity index (χ4v) is 6.61. The van der Waals surface area contributed by atoms with Crippen LogP contribution in [-0.2, 0) is 10.3 Å². The highest BCUT2D eigenvalue weighted by Gasteiger charge is 2.71. The largest absolute Gasteiger partial charge is 0.378 e. The molecule has 1 aliphatic carbocycles. The molecule has 3 atom stereocenters. The van der Waals surface area contributed by atoms with Crippen molar-refractivity contribution in [3.63, 3.8) is 0 Å². The van der Waals surface area contributed by atoms with Crippen LogP contribution in [0.25, 0.3) is 16.7 Å². The number of nitrogens with two attached hydrogens (primary N) is 1. The molecule has 180 valence electrons. The molecule has 10 heteroatoms. The lowest BCUT2D eigenvalue weighted by Gasteiger charge is -2.37. The normalized spacial score (nSPS) is 28.1. The Morgan fingerprint density at radius 2 is 2.06 bits per heavy atom. The maximum atomic E-state index is 15.2. The number of amides is 1. The fraction of sp³-hybridized carbons (Fsp3) is 0.400. The van der Waals surface area contributed by atoms with Gasteiger partial charge in [0.15, 0.2) is 11.0 Å². The molecule has 2 aliphatic heterocycles. The van der Waals surface area contributed by atoms with E-state index in [1.54, 1.807) is 13.0 Å². The van der Waals surface area contributed by atoms with E-state index in [0.717, 1.165) is 32.4 Å². The number of hydrogen-bond donors (Lipinski definition) is 1. The van der Waals surface area contributed by atoms with E-state index in [4.69, 9.17) is 12.3 Å². The number of nitrogens with zero attached hydrogens (tertiary/aromatic N) is 5. The van der Waals surface area contributed by atoms with Crippen molar-refractivity contribution in [3.8, 4) is 0 Å². The topological polar surface area (TPSA) is 88.8 Å². The van der Waals surface area contributed by atoms with Crippen LogP contribution in [0.1, 0.15) is 49.4 Å². The summed E-state index contributed by atoms with van der Waals surface area (Å²) in [6.45, 7) is 10.2. The Balaban J connectivity index is 1.47. The first kappa shape index (κ1) is 23.4. The minimum absolute atomic E-state index is 0.0286. The van der Waals surface area contributed by atoms with E-state index in [9.17, 15) is 9.18 Å². The summed E-state index contributed by atoms with van der Waals surface area (Å²) in [5.41, 5.74) is 5.80. The van der Waals surface area contributed by atoms with Gasteiger partial charge in [-0.2, -0.15) is 0 Å². The minimum Gasteiger partial charge on any atom is -0.378 e. The number of aliphatic imine (C=N–C) groups is 1. The zero-order valence-electron chi connectivity index (χ0n) is 19.2. The molecule has 0 unspecified atom stereocenters. The summed E-state index contributed by atoms with van der Waals surface area (Å²) < 4.78 is 29.3. The van der Waals surface area contributed by atoms with Gasteiger partial charge in [0.25, 0.3) is 5.82 Å². The third-order valence-corrected chi connectivity index (χ3v) is 8.34. The lowest BCUT2D eigenvalue weighted by Crippen LogP contribution is -2.47. The second-order valence-corrected chi connectivity index (χ2v) is 10.7. The number of carbonyl (C=O) groups excluding carboxylic acids is 1. The van der Waals surface area contributed by atoms with Gasteiger partial charge in [0.05, 0.1) is 11.7 Å². The first-order valence-electron chi connectivity index (χ1n) is 11.5. The maximum Gasteiger partial charge on any atom is 0.287 e. The average molecular weight is 495 g/mol. The Kier molecular flexibility index (Phi) is 5.83. The molecule has 7 nitrogen and oxygen atoms in total. The van der Waals surface area contributed by atoms with Crippen LogP contribution < -0.4 is 5.73 Å². The fourth-order valence-electron chi connectivity index (χ4n) is 5.16. The van der Waals surface area contributed by atoms with Gasteiger partial charge in [0, 0.05) is 24.6 Å². The van der Waals surface area contributed by atoms with Gasteiger partial charge < -0.3 is 15.5 Å². The van der Waals surface area contributed by atoms with Crippen molar-refractivity contribution in [2.45, 2.75) is 42.9 Å². The van der Waals surface area contributed by atoms with E-state index in [-0.39, 0.29) is 34.1 Å². The summed E-state index contributed by atoms with van der Waals surface area (Å²) in [6, 6.07) is 4.29. The number of likely N-dealkylation sites (tertiary alicyclic amines) is 1. The molecule has 5 rings (SSSR count). The molecule has 1 saturated carbocycles. The van der Waals surface area contributed by atoms with Gasteiger partial charge in [-0.15, -0.1) is 4.98 Å². The lowest BCUT2D eigenvalue weighted by atomic mass is 9.84. The van der Waals surface area contributed by atoms with Gasteiger partial charge in [-0.25, -0.2) is 8.78 Å². The number of rotatable bonds is 4. The van der Waals surface area contributed by atoms with E-state index < -0.39 is 21.9 Å². The highest BCUT2D eigenvalue weighted by Crippen LogP contribution is 2.66. The summed E-state index contributed by atoms with van der Waals surface area (Å²) in [7, 11) is 0. The third kappa shape index (κ3) is 4.08. The Labute approximate surface area is 206 Å². The monoisotopic (exact) mass is 494 g/mol. The van der Waals surface area contributed by atoms with Gasteiger partial charge in [0.2, 0.25) is 5.91 Å². The van der Waals surface area contributed by atoms with Crippen LogP contribution in [0.2, 0.25) is 0 Å². The molecule has 1 amide bonds. The highest BCUT2D eigenvalue weighted by molar-refractivity contribution is 8.15. The van der Waals surface area contributed by atoms with E-state index in [2.05, 4.69) is 19.8 Å². The van der Waals surface area contributed by atoms with E-state index in [0.29, 0.717) is 12.0 Å². The van der Waals surface area contributed by atoms with Crippen molar-refractivity contribution in [2.75, 3.05) is 13.1 Å². The molecule has 0 spiro atoms. The zero-order valence-corrected chi connectivity index (χ0v) is 20.0. The summed E-state index contributed by atoms with van der Waals surface area (Å²) in [5.74, 6) is -1.25. The van der Waals surface area contributed by atoms with Crippen molar-refractivity contribution in [1.82, 2.24) is 14.9 Å². The number of carbonyl (C=O) groups is 1. The summed E-state index contributed by atoms with van der Waals surface area (Å²) in [5, 5.41) is 0.258. The Morgan fingerprint density at radius 1 is 1.29 bits per heavy atom. The number of hydrogen-bond acceptors (Lipinski definition) is 6. The molecule has 1 aromatic heterocycles. The van der Waals surface area contributed by atoms with Crippen molar-refractivity contribution < 1.29 is 13.6 Å². The highest BCUT2D eigenvalue weighted by atomic mass is 32.2. The quantitative estimate of drug-likeness (QED) is 0.624. The molecule has 1 saturated heterocycles. The number of aromatic nitrogens is 2. The maximum absolute atomic E-state index is 15.2.